The Morgan fingerprint density at radius 1 is 1.25 bits per heavy atom. The highest BCUT2D eigenvalue weighted by atomic mass is 32.1. The molecule has 1 saturated heterocycles. The summed E-state index contributed by atoms with van der Waals surface area (Å²) in [6, 6.07) is 7.74. The summed E-state index contributed by atoms with van der Waals surface area (Å²) in [6.45, 7) is 2.46. The quantitative estimate of drug-likeness (QED) is 0.854. The van der Waals surface area contributed by atoms with Crippen LogP contribution < -0.4 is 0 Å². The van der Waals surface area contributed by atoms with Crippen LogP contribution in [0.15, 0.2) is 45.4 Å². The Labute approximate surface area is 145 Å². The van der Waals surface area contributed by atoms with Gasteiger partial charge in [0.15, 0.2) is 0 Å². The number of furan rings is 1. The second-order valence-electron chi connectivity index (χ2n) is 6.33. The standard InChI is InChI=1S/C18H21N3O2S/c22-18(13-20-8-2-1-3-9-20)21-15(16-6-4-10-23-16)12-14(19-21)17-7-5-11-24-17/h4-7,10-11,15H,1-3,8-9,12-13H2/t15-/m0/s1. The number of thiophene rings is 1. The molecule has 1 fully saturated rings. The van der Waals surface area contributed by atoms with Crippen molar-refractivity contribution in [1.29, 1.82) is 0 Å². The van der Waals surface area contributed by atoms with E-state index in [1.807, 2.05) is 23.6 Å². The van der Waals surface area contributed by atoms with Gasteiger partial charge in [-0.15, -0.1) is 11.3 Å². The van der Waals surface area contributed by atoms with E-state index < -0.39 is 0 Å². The summed E-state index contributed by atoms with van der Waals surface area (Å²) in [4.78, 5) is 16.2. The van der Waals surface area contributed by atoms with E-state index in [2.05, 4.69) is 16.1 Å². The number of hydrazone groups is 1. The molecule has 6 heteroatoms. The van der Waals surface area contributed by atoms with Crippen LogP contribution in [0, 0.1) is 0 Å². The fourth-order valence-corrected chi connectivity index (χ4v) is 4.14. The van der Waals surface area contributed by atoms with Crippen molar-refractivity contribution < 1.29 is 9.21 Å². The van der Waals surface area contributed by atoms with Crippen molar-refractivity contribution in [2.45, 2.75) is 31.7 Å². The van der Waals surface area contributed by atoms with Crippen LogP contribution in [0.25, 0.3) is 0 Å². The Bertz CT molecular complexity index is 703. The maximum absolute atomic E-state index is 12.9. The van der Waals surface area contributed by atoms with Crippen LogP contribution in [0.1, 0.15) is 42.4 Å². The number of nitrogens with zero attached hydrogens (tertiary/aromatic N) is 3. The van der Waals surface area contributed by atoms with E-state index in [0.717, 1.165) is 29.4 Å². The molecule has 0 radical (unpaired) electrons. The Morgan fingerprint density at radius 3 is 2.83 bits per heavy atom. The van der Waals surface area contributed by atoms with Crippen LogP contribution in [0.2, 0.25) is 0 Å². The van der Waals surface area contributed by atoms with Gasteiger partial charge in [-0.3, -0.25) is 9.69 Å². The molecule has 0 aliphatic carbocycles. The van der Waals surface area contributed by atoms with Gasteiger partial charge in [0.25, 0.3) is 5.91 Å². The molecule has 2 aromatic rings. The molecule has 0 N–H and O–H groups in total. The third-order valence-corrected chi connectivity index (χ3v) is 5.57. The van der Waals surface area contributed by atoms with Crippen LogP contribution in [0.4, 0.5) is 0 Å². The SMILES string of the molecule is O=C(CN1CCCCC1)N1N=C(c2cccs2)C[C@H]1c1ccco1. The molecule has 0 saturated carbocycles. The van der Waals surface area contributed by atoms with Crippen LogP contribution in [0.5, 0.6) is 0 Å². The number of amides is 1. The zero-order valence-corrected chi connectivity index (χ0v) is 14.4. The maximum Gasteiger partial charge on any atom is 0.257 e. The monoisotopic (exact) mass is 343 g/mol. The fourth-order valence-electron chi connectivity index (χ4n) is 3.42. The van der Waals surface area contributed by atoms with Gasteiger partial charge in [-0.1, -0.05) is 12.5 Å². The van der Waals surface area contributed by atoms with E-state index in [1.165, 1.54) is 19.3 Å². The van der Waals surface area contributed by atoms with Gasteiger partial charge in [0.2, 0.25) is 0 Å². The molecular formula is C18H21N3O2S. The average molecular weight is 343 g/mol. The minimum absolute atomic E-state index is 0.0601. The first-order valence-corrected chi connectivity index (χ1v) is 9.38. The summed E-state index contributed by atoms with van der Waals surface area (Å²) in [6.07, 6.45) is 5.99. The molecule has 0 spiro atoms. The Balaban J connectivity index is 1.55. The molecule has 1 atom stereocenters. The second kappa shape index (κ2) is 6.91. The number of rotatable bonds is 4. The molecule has 0 unspecified atom stereocenters. The van der Waals surface area contributed by atoms with Gasteiger partial charge in [0, 0.05) is 6.42 Å². The van der Waals surface area contributed by atoms with E-state index in [9.17, 15) is 4.79 Å². The predicted octanol–water partition coefficient (Wildman–Crippen LogP) is 3.50. The molecule has 126 valence electrons. The summed E-state index contributed by atoms with van der Waals surface area (Å²) in [7, 11) is 0. The van der Waals surface area contributed by atoms with Crippen LogP contribution in [0.3, 0.4) is 0 Å². The molecular weight excluding hydrogens is 322 g/mol. The molecule has 4 rings (SSSR count). The van der Waals surface area contributed by atoms with Crippen LogP contribution >= 0.6 is 11.3 Å². The minimum atomic E-state index is -0.130. The summed E-state index contributed by atoms with van der Waals surface area (Å²) < 4.78 is 5.58. The summed E-state index contributed by atoms with van der Waals surface area (Å²) in [5.74, 6) is 0.863. The predicted molar refractivity (Wildman–Crippen MR) is 94.1 cm³/mol. The third kappa shape index (κ3) is 3.16. The van der Waals surface area contributed by atoms with Crippen molar-refractivity contribution in [3.05, 3.63) is 46.5 Å². The van der Waals surface area contributed by atoms with Crippen molar-refractivity contribution in [3.8, 4) is 0 Å². The molecule has 5 nitrogen and oxygen atoms in total. The van der Waals surface area contributed by atoms with E-state index >= 15 is 0 Å². The van der Waals surface area contributed by atoms with Crippen molar-refractivity contribution >= 4 is 23.0 Å². The first-order chi connectivity index (χ1) is 11.8. The van der Waals surface area contributed by atoms with Gasteiger partial charge in [-0.2, -0.15) is 5.10 Å². The zero-order valence-electron chi connectivity index (χ0n) is 13.6. The highest BCUT2D eigenvalue weighted by Crippen LogP contribution is 2.34. The van der Waals surface area contributed by atoms with Crippen molar-refractivity contribution in [2.24, 2.45) is 5.10 Å². The summed E-state index contributed by atoms with van der Waals surface area (Å²) in [5.41, 5.74) is 0.971. The lowest BCUT2D eigenvalue weighted by Crippen LogP contribution is -2.40. The van der Waals surface area contributed by atoms with E-state index in [-0.39, 0.29) is 11.9 Å². The molecule has 24 heavy (non-hydrogen) atoms. The lowest BCUT2D eigenvalue weighted by atomic mass is 10.1. The van der Waals surface area contributed by atoms with Crippen LogP contribution in [-0.4, -0.2) is 41.2 Å². The van der Waals surface area contributed by atoms with Crippen molar-refractivity contribution in [1.82, 2.24) is 9.91 Å². The summed E-state index contributed by atoms with van der Waals surface area (Å²) in [5, 5.41) is 8.34. The van der Waals surface area contributed by atoms with Crippen molar-refractivity contribution in [3.63, 3.8) is 0 Å². The maximum atomic E-state index is 12.9. The first kappa shape index (κ1) is 15.6. The van der Waals surface area contributed by atoms with Gasteiger partial charge in [0.05, 0.1) is 23.4 Å². The smallest absolute Gasteiger partial charge is 0.257 e. The highest BCUT2D eigenvalue weighted by molar-refractivity contribution is 7.12. The molecule has 2 aromatic heterocycles. The molecule has 2 aliphatic heterocycles. The average Bonchev–Trinajstić information content (AvgIpc) is 3.35. The molecule has 2 aliphatic rings. The number of piperidine rings is 1. The lowest BCUT2D eigenvalue weighted by molar-refractivity contribution is -0.134. The normalized spacial score (nSPS) is 21.9. The third-order valence-electron chi connectivity index (χ3n) is 4.65. The van der Waals surface area contributed by atoms with E-state index in [4.69, 9.17) is 4.42 Å². The fraction of sp³-hybridized carbons (Fsp3) is 0.444. The second-order valence-corrected chi connectivity index (χ2v) is 7.28. The Kier molecular flexibility index (Phi) is 4.49. The molecule has 0 bridgehead atoms. The highest BCUT2D eigenvalue weighted by Gasteiger charge is 2.35. The number of hydrogen-bond acceptors (Lipinski definition) is 5. The number of carbonyl (C=O) groups excluding carboxylic acids is 1. The van der Waals surface area contributed by atoms with Crippen LogP contribution in [-0.2, 0) is 4.79 Å². The minimum Gasteiger partial charge on any atom is -0.467 e. The molecule has 4 heterocycles. The number of hydrogen-bond donors (Lipinski definition) is 0. The van der Waals surface area contributed by atoms with Crippen molar-refractivity contribution in [2.75, 3.05) is 19.6 Å². The lowest BCUT2D eigenvalue weighted by Gasteiger charge is -2.28. The number of likely N-dealkylation sites (tertiary alicyclic amines) is 1. The van der Waals surface area contributed by atoms with Gasteiger partial charge < -0.3 is 4.42 Å². The largest absolute Gasteiger partial charge is 0.467 e. The van der Waals surface area contributed by atoms with Gasteiger partial charge in [0.1, 0.15) is 11.8 Å². The van der Waals surface area contributed by atoms with Gasteiger partial charge >= 0.3 is 0 Å². The zero-order chi connectivity index (χ0) is 16.4. The summed E-state index contributed by atoms with van der Waals surface area (Å²) >= 11 is 1.66. The van der Waals surface area contributed by atoms with Gasteiger partial charge in [-0.25, -0.2) is 5.01 Å². The first-order valence-electron chi connectivity index (χ1n) is 8.50. The Morgan fingerprint density at radius 2 is 2.12 bits per heavy atom. The number of carbonyl (C=O) groups is 1. The topological polar surface area (TPSA) is 49.1 Å². The molecule has 0 aromatic carbocycles. The van der Waals surface area contributed by atoms with E-state index in [1.54, 1.807) is 22.6 Å². The Hall–Kier alpha value is -1.92. The molecule has 1 amide bonds. The van der Waals surface area contributed by atoms with Gasteiger partial charge in [-0.05, 0) is 49.5 Å². The van der Waals surface area contributed by atoms with E-state index in [0.29, 0.717) is 13.0 Å².